The minimum Gasteiger partial charge on any atom is -0.309 e. The summed E-state index contributed by atoms with van der Waals surface area (Å²) in [6, 6.07) is 96.0. The van der Waals surface area contributed by atoms with E-state index in [1.165, 1.54) is 19.4 Å². The van der Waals surface area contributed by atoms with Crippen LogP contribution in [-0.2, 0) is 56.0 Å². The fourth-order valence-electron chi connectivity index (χ4n) is 16.8. The topological polar surface area (TPSA) is 118 Å². The average molecular weight is 1700 g/mol. The van der Waals surface area contributed by atoms with Crippen LogP contribution in [0.15, 0.2) is 303 Å². The van der Waals surface area contributed by atoms with Gasteiger partial charge in [0.05, 0.1) is 0 Å². The van der Waals surface area contributed by atoms with Crippen molar-refractivity contribution in [1.29, 1.82) is 0 Å². The van der Waals surface area contributed by atoms with Gasteiger partial charge in [0.25, 0.3) is 0 Å². The second kappa shape index (κ2) is 53.0. The number of benzene rings is 10. The van der Waals surface area contributed by atoms with Crippen molar-refractivity contribution in [2.75, 3.05) is 123 Å². The normalized spacial score (nSPS) is 18.3. The largest absolute Gasteiger partial charge is 0.309 e. The Balaban J connectivity index is 0.000000166. The minimum atomic E-state index is -2.15. The third-order valence-corrected chi connectivity index (χ3v) is 23.8. The molecule has 15 rings (SSSR count). The van der Waals surface area contributed by atoms with E-state index in [4.69, 9.17) is 19.2 Å². The number of anilines is 5. The first-order valence-corrected chi connectivity index (χ1v) is 45.3. The van der Waals surface area contributed by atoms with Crippen LogP contribution in [0.1, 0.15) is 178 Å². The van der Waals surface area contributed by atoms with Crippen LogP contribution in [-0.4, -0.2) is 182 Å². The maximum absolute atomic E-state index is 12.8. The SMILES string of the molecule is [2H]C([2H])(C)C(=O)N(c1ccccc1)C1CCN(C([2H])([2H])Cc2ccccc2)CC1.[2H]C([2H])(C)C(=O)N(c1ccccc1)C1CCN(CCc2ccccc2)CC1.[2H]C([2H])(CN1CCC(N(C(=O)CC)c2ccccc2)CC1)c1ccccc1.[2H]C([2H])(Cc1ccccc1)N1CCC(N(C(=O)CC)c2ccccc2)CC1.[2H]C([2H])(c1ccccc1)C([2H])([2H])N1CCC(N(C(=O)CC)c2ccccc2)CC1. The number of likely N-dealkylation sites (tertiary alicyclic amines) is 5. The molecule has 0 saturated carbocycles. The van der Waals surface area contributed by atoms with Crippen molar-refractivity contribution in [3.8, 4) is 0 Å². The first-order valence-electron chi connectivity index (χ1n) is 52.3. The van der Waals surface area contributed by atoms with Gasteiger partial charge in [-0.25, -0.2) is 0 Å². The quantitative estimate of drug-likeness (QED) is 0.0431. The molecule has 0 atom stereocenters. The highest BCUT2D eigenvalue weighted by atomic mass is 16.2. The summed E-state index contributed by atoms with van der Waals surface area (Å²) in [6.45, 7) is 11.3. The van der Waals surface area contributed by atoms with Crippen molar-refractivity contribution in [2.24, 2.45) is 0 Å². The monoisotopic (exact) mass is 1700 g/mol. The fraction of sp³-hybridized carbons (Fsp3) is 0.409. The molecule has 15 heteroatoms. The van der Waals surface area contributed by atoms with Crippen LogP contribution < -0.4 is 24.5 Å². The number of carbonyl (C=O) groups excluding carboxylic acids is 5. The Labute approximate surface area is 768 Å². The standard InChI is InChI=1S/5C22H28N2O/c5*1-2-22(25)24(20-11-7-4-8-12-20)21-14-17-23(18-15-21)16-13-19-9-5-3-6-10-19/h5*3-12,21H,2,13-18H2,1H3/i13D2,16D2;2D2,16D2;16D2;13D2;2D2. The Morgan fingerprint density at radius 2 is 0.440 bits per heavy atom. The van der Waals surface area contributed by atoms with E-state index in [2.05, 4.69) is 34.1 Å². The van der Waals surface area contributed by atoms with Gasteiger partial charge in [0.2, 0.25) is 29.5 Å². The molecule has 10 aromatic carbocycles. The number of nitrogens with zero attached hydrogens (tertiary/aromatic N) is 10. The second-order valence-corrected chi connectivity index (χ2v) is 32.1. The van der Waals surface area contributed by atoms with Gasteiger partial charge in [0, 0.05) is 208 Å². The predicted octanol–water partition coefficient (Wildman–Crippen LogP) is 20.7. The van der Waals surface area contributed by atoms with Gasteiger partial charge in [0.1, 0.15) is 0 Å². The molecule has 0 spiro atoms. The average Bonchev–Trinajstić information content (AvgIpc) is 0.758. The Bertz CT molecular complexity index is 5330. The van der Waals surface area contributed by atoms with E-state index in [9.17, 15) is 24.0 Å². The smallest absolute Gasteiger partial charge is 0.226 e. The summed E-state index contributed by atoms with van der Waals surface area (Å²) in [5.41, 5.74) is 8.61. The summed E-state index contributed by atoms with van der Waals surface area (Å²) < 4.78 is 117. The molecule has 0 aromatic heterocycles. The molecular formula is C110H140N10O5. The highest BCUT2D eigenvalue weighted by Crippen LogP contribution is 2.31. The van der Waals surface area contributed by atoms with Crippen LogP contribution >= 0.6 is 0 Å². The van der Waals surface area contributed by atoms with Crippen LogP contribution in [0.4, 0.5) is 28.4 Å². The van der Waals surface area contributed by atoms with Crippen molar-refractivity contribution >= 4 is 58.0 Å². The lowest BCUT2D eigenvalue weighted by molar-refractivity contribution is -0.119. The Kier molecular flexibility index (Phi) is 32.5. The Morgan fingerprint density at radius 1 is 0.240 bits per heavy atom. The number of amides is 5. The Hall–Kier alpha value is -10.7. The van der Waals surface area contributed by atoms with Crippen LogP contribution in [0.3, 0.4) is 0 Å². The first-order chi connectivity index (χ1) is 66.4. The molecule has 0 aliphatic carbocycles. The molecular weight excluding hydrogens is 1540 g/mol. The Morgan fingerprint density at radius 3 is 0.688 bits per heavy atom. The number of piperidine rings is 5. The lowest BCUT2D eigenvalue weighted by Crippen LogP contribution is -2.47. The summed E-state index contributed by atoms with van der Waals surface area (Å²) in [4.78, 5) is 82.3. The zero-order valence-electron chi connectivity index (χ0n) is 88.1. The summed E-state index contributed by atoms with van der Waals surface area (Å²) in [5, 5.41) is 0. The minimum absolute atomic E-state index is 0.0144. The van der Waals surface area contributed by atoms with E-state index < -0.39 is 56.8 Å². The highest BCUT2D eigenvalue weighted by Gasteiger charge is 2.34. The molecule has 0 radical (unpaired) electrons. The summed E-state index contributed by atoms with van der Waals surface area (Å²) in [7, 11) is 0. The molecule has 5 amide bonds. The lowest BCUT2D eigenvalue weighted by Gasteiger charge is -2.38. The van der Waals surface area contributed by atoms with Gasteiger partial charge in [-0.1, -0.05) is 277 Å². The van der Waals surface area contributed by atoms with Gasteiger partial charge in [-0.2, -0.15) is 0 Å². The van der Waals surface area contributed by atoms with Gasteiger partial charge >= 0.3 is 0 Å². The molecule has 0 bridgehead atoms. The molecule has 15 nitrogen and oxygen atoms in total. The fourth-order valence-corrected chi connectivity index (χ4v) is 16.8. The molecule has 5 aliphatic heterocycles. The van der Waals surface area contributed by atoms with Crippen molar-refractivity contribution in [2.45, 2.75) is 193 Å². The van der Waals surface area contributed by atoms with Crippen LogP contribution in [0.25, 0.3) is 0 Å². The van der Waals surface area contributed by atoms with Crippen molar-refractivity contribution in [3.05, 3.63) is 331 Å². The van der Waals surface area contributed by atoms with Crippen molar-refractivity contribution in [1.82, 2.24) is 24.5 Å². The van der Waals surface area contributed by atoms with Crippen LogP contribution in [0, 0.1) is 0 Å². The molecule has 5 aliphatic rings. The number of rotatable bonds is 30. The predicted molar refractivity (Wildman–Crippen MR) is 519 cm³/mol. The molecule has 5 heterocycles. The van der Waals surface area contributed by atoms with Gasteiger partial charge in [-0.3, -0.25) is 24.0 Å². The third-order valence-electron chi connectivity index (χ3n) is 23.8. The number of carbonyl (C=O) groups is 5. The number of hydrogen-bond acceptors (Lipinski definition) is 10. The van der Waals surface area contributed by atoms with E-state index in [1.807, 2.05) is 294 Å². The molecule has 0 N–H and O–H groups in total. The number of hydrogen-bond donors (Lipinski definition) is 0. The maximum Gasteiger partial charge on any atom is 0.226 e. The highest BCUT2D eigenvalue weighted by molar-refractivity contribution is 5.96. The first kappa shape index (κ1) is 76.8. The van der Waals surface area contributed by atoms with Gasteiger partial charge < -0.3 is 49.0 Å². The number of aryl methyl sites for hydroxylation is 3. The van der Waals surface area contributed by atoms with Crippen molar-refractivity contribution in [3.63, 3.8) is 0 Å². The van der Waals surface area contributed by atoms with E-state index >= 15 is 0 Å². The third kappa shape index (κ3) is 30.6. The molecule has 660 valence electrons. The van der Waals surface area contributed by atoms with Crippen LogP contribution in [0.5, 0.6) is 0 Å². The summed E-state index contributed by atoms with van der Waals surface area (Å²) in [5.74, 6) is -0.658. The van der Waals surface area contributed by atoms with E-state index in [-0.39, 0.29) is 47.9 Å². The lowest BCUT2D eigenvalue weighted by atomic mass is 10.0. The zero-order valence-corrected chi connectivity index (χ0v) is 74.1. The van der Waals surface area contributed by atoms with Gasteiger partial charge in [-0.05, 0) is 185 Å². The molecule has 10 aromatic rings. The second-order valence-electron chi connectivity index (χ2n) is 32.1. The molecule has 125 heavy (non-hydrogen) atoms. The molecule has 0 unspecified atom stereocenters. The zero-order chi connectivity index (χ0) is 100.0. The maximum atomic E-state index is 12.8. The van der Waals surface area contributed by atoms with Crippen LogP contribution in [0.2, 0.25) is 0 Å². The van der Waals surface area contributed by atoms with Gasteiger partial charge in [0.15, 0.2) is 0 Å². The summed E-state index contributed by atoms with van der Waals surface area (Å²) in [6.07, 6.45) is 3.21. The summed E-state index contributed by atoms with van der Waals surface area (Å²) >= 11 is 0. The van der Waals surface area contributed by atoms with E-state index in [0.29, 0.717) is 115 Å². The molecule has 5 fully saturated rings. The van der Waals surface area contributed by atoms with E-state index in [1.54, 1.807) is 45.0 Å². The molecule has 5 saturated heterocycles. The van der Waals surface area contributed by atoms with E-state index in [0.717, 1.165) is 117 Å². The van der Waals surface area contributed by atoms with Gasteiger partial charge in [-0.15, -0.1) is 0 Å². The van der Waals surface area contributed by atoms with Crippen molar-refractivity contribution < 1.29 is 43.2 Å². The number of para-hydroxylation sites is 5.